The van der Waals surface area contributed by atoms with Crippen molar-refractivity contribution < 1.29 is 9.53 Å². The molecule has 0 spiro atoms. The first kappa shape index (κ1) is 13.2. The standard InChI is InChI=1S/C12H22N2O2S/c1-13-11-8-16-7-10(11)12(15)14-6-9-4-2-3-5-17-9/h9-11,13H,2-8H2,1H3,(H,14,15). The van der Waals surface area contributed by atoms with Crippen molar-refractivity contribution in [3.8, 4) is 0 Å². The molecule has 0 bridgehead atoms. The largest absolute Gasteiger partial charge is 0.379 e. The molecule has 2 N–H and O–H groups in total. The van der Waals surface area contributed by atoms with Crippen molar-refractivity contribution in [2.75, 3.05) is 32.6 Å². The highest BCUT2D eigenvalue weighted by Gasteiger charge is 2.33. The molecule has 4 nitrogen and oxygen atoms in total. The van der Waals surface area contributed by atoms with Gasteiger partial charge in [0.1, 0.15) is 0 Å². The molecule has 17 heavy (non-hydrogen) atoms. The van der Waals surface area contributed by atoms with Gasteiger partial charge in [-0.1, -0.05) is 6.42 Å². The highest BCUT2D eigenvalue weighted by Crippen LogP contribution is 2.24. The zero-order valence-electron chi connectivity index (χ0n) is 10.4. The summed E-state index contributed by atoms with van der Waals surface area (Å²) in [6, 6.07) is 0.175. The summed E-state index contributed by atoms with van der Waals surface area (Å²) in [6.07, 6.45) is 3.87. The normalized spacial score (nSPS) is 33.6. The number of amides is 1. The van der Waals surface area contributed by atoms with Gasteiger partial charge in [-0.25, -0.2) is 0 Å². The maximum atomic E-state index is 12.0. The molecule has 0 aromatic carbocycles. The Morgan fingerprint density at radius 3 is 3.00 bits per heavy atom. The molecule has 5 heteroatoms. The molecule has 0 saturated carbocycles. The lowest BCUT2D eigenvalue weighted by molar-refractivity contribution is -0.125. The number of likely N-dealkylation sites (N-methyl/N-ethyl adjacent to an activating group) is 1. The van der Waals surface area contributed by atoms with Gasteiger partial charge in [0.05, 0.1) is 19.1 Å². The molecular formula is C12H22N2O2S. The fourth-order valence-corrected chi connectivity index (χ4v) is 3.65. The van der Waals surface area contributed by atoms with Gasteiger partial charge >= 0.3 is 0 Å². The molecule has 0 aromatic heterocycles. The Morgan fingerprint density at radius 1 is 1.41 bits per heavy atom. The van der Waals surface area contributed by atoms with E-state index in [4.69, 9.17) is 4.74 Å². The summed E-state index contributed by atoms with van der Waals surface area (Å²) < 4.78 is 5.35. The van der Waals surface area contributed by atoms with Crippen LogP contribution in [0.1, 0.15) is 19.3 Å². The molecule has 2 rings (SSSR count). The third-order valence-corrected chi connectivity index (χ3v) is 4.96. The SMILES string of the molecule is CNC1COCC1C(=O)NCC1CCCCS1. The number of nitrogens with one attached hydrogen (secondary N) is 2. The first-order chi connectivity index (χ1) is 8.31. The number of ether oxygens (including phenoxy) is 1. The Bertz CT molecular complexity index is 257. The van der Waals surface area contributed by atoms with Gasteiger partial charge in [0.25, 0.3) is 0 Å². The molecule has 3 unspecified atom stereocenters. The van der Waals surface area contributed by atoms with Crippen LogP contribution in [0.5, 0.6) is 0 Å². The Morgan fingerprint density at radius 2 is 2.29 bits per heavy atom. The van der Waals surface area contributed by atoms with E-state index in [1.807, 2.05) is 18.8 Å². The fourth-order valence-electron chi connectivity index (χ4n) is 2.41. The van der Waals surface area contributed by atoms with Crippen LogP contribution in [-0.4, -0.2) is 49.8 Å². The molecule has 1 amide bonds. The van der Waals surface area contributed by atoms with Crippen molar-refractivity contribution in [1.82, 2.24) is 10.6 Å². The van der Waals surface area contributed by atoms with E-state index in [1.54, 1.807) is 0 Å². The number of hydrogen-bond donors (Lipinski definition) is 2. The van der Waals surface area contributed by atoms with Crippen LogP contribution in [0.2, 0.25) is 0 Å². The maximum absolute atomic E-state index is 12.0. The molecule has 2 heterocycles. The van der Waals surface area contributed by atoms with E-state index in [0.717, 1.165) is 6.54 Å². The smallest absolute Gasteiger partial charge is 0.227 e. The van der Waals surface area contributed by atoms with Crippen LogP contribution >= 0.6 is 11.8 Å². The van der Waals surface area contributed by atoms with E-state index in [1.165, 1.54) is 25.0 Å². The Labute approximate surface area is 107 Å². The number of hydrogen-bond acceptors (Lipinski definition) is 4. The van der Waals surface area contributed by atoms with Crippen molar-refractivity contribution in [3.63, 3.8) is 0 Å². The van der Waals surface area contributed by atoms with Crippen LogP contribution in [-0.2, 0) is 9.53 Å². The minimum atomic E-state index is -0.0198. The molecule has 98 valence electrons. The lowest BCUT2D eigenvalue weighted by atomic mass is 10.0. The van der Waals surface area contributed by atoms with E-state index < -0.39 is 0 Å². The fraction of sp³-hybridized carbons (Fsp3) is 0.917. The van der Waals surface area contributed by atoms with Crippen LogP contribution < -0.4 is 10.6 Å². The molecule has 0 aliphatic carbocycles. The van der Waals surface area contributed by atoms with Crippen molar-refractivity contribution in [3.05, 3.63) is 0 Å². The van der Waals surface area contributed by atoms with Gasteiger partial charge in [0.2, 0.25) is 5.91 Å². The van der Waals surface area contributed by atoms with Crippen molar-refractivity contribution in [2.45, 2.75) is 30.6 Å². The van der Waals surface area contributed by atoms with Crippen LogP contribution in [0, 0.1) is 5.92 Å². The first-order valence-electron chi connectivity index (χ1n) is 6.45. The van der Waals surface area contributed by atoms with Crippen LogP contribution in [0.3, 0.4) is 0 Å². The predicted octanol–water partition coefficient (Wildman–Crippen LogP) is 0.623. The molecule has 2 fully saturated rings. The molecular weight excluding hydrogens is 236 g/mol. The second-order valence-corrected chi connectivity index (χ2v) is 6.18. The maximum Gasteiger partial charge on any atom is 0.227 e. The third-order valence-electron chi connectivity index (χ3n) is 3.57. The zero-order valence-corrected chi connectivity index (χ0v) is 11.2. The third kappa shape index (κ3) is 3.60. The predicted molar refractivity (Wildman–Crippen MR) is 70.3 cm³/mol. The number of carbonyl (C=O) groups is 1. The summed E-state index contributed by atoms with van der Waals surface area (Å²) in [7, 11) is 1.89. The molecule has 2 aliphatic rings. The molecule has 0 radical (unpaired) electrons. The van der Waals surface area contributed by atoms with Crippen molar-refractivity contribution in [1.29, 1.82) is 0 Å². The van der Waals surface area contributed by atoms with Gasteiger partial charge in [0.15, 0.2) is 0 Å². The molecule has 2 saturated heterocycles. The van der Waals surface area contributed by atoms with E-state index in [0.29, 0.717) is 18.5 Å². The van der Waals surface area contributed by atoms with E-state index in [9.17, 15) is 4.79 Å². The quantitative estimate of drug-likeness (QED) is 0.776. The van der Waals surface area contributed by atoms with Gasteiger partial charge in [0, 0.05) is 17.8 Å². The molecule has 0 aromatic rings. The van der Waals surface area contributed by atoms with Gasteiger partial charge in [-0.3, -0.25) is 4.79 Å². The van der Waals surface area contributed by atoms with Crippen LogP contribution in [0.4, 0.5) is 0 Å². The van der Waals surface area contributed by atoms with Crippen LogP contribution in [0.15, 0.2) is 0 Å². The Kier molecular flexibility index (Phi) is 5.13. The van der Waals surface area contributed by atoms with E-state index in [-0.39, 0.29) is 17.9 Å². The van der Waals surface area contributed by atoms with Crippen molar-refractivity contribution >= 4 is 17.7 Å². The van der Waals surface area contributed by atoms with E-state index in [2.05, 4.69) is 10.6 Å². The summed E-state index contributed by atoms with van der Waals surface area (Å²) in [5.41, 5.74) is 0. The number of carbonyl (C=O) groups excluding carboxylic acids is 1. The summed E-state index contributed by atoms with van der Waals surface area (Å²) >= 11 is 1.99. The highest BCUT2D eigenvalue weighted by molar-refractivity contribution is 7.99. The molecule has 2 aliphatic heterocycles. The summed E-state index contributed by atoms with van der Waals surface area (Å²) in [5.74, 6) is 1.37. The minimum Gasteiger partial charge on any atom is -0.379 e. The zero-order chi connectivity index (χ0) is 12.1. The van der Waals surface area contributed by atoms with Gasteiger partial charge in [-0.2, -0.15) is 11.8 Å². The lowest BCUT2D eigenvalue weighted by Crippen LogP contribution is -2.44. The second-order valence-electron chi connectivity index (χ2n) is 4.77. The summed E-state index contributed by atoms with van der Waals surface area (Å²) in [4.78, 5) is 12.0. The Balaban J connectivity index is 1.72. The Hall–Kier alpha value is -0.260. The summed E-state index contributed by atoms with van der Waals surface area (Å²) in [6.45, 7) is 2.01. The topological polar surface area (TPSA) is 50.4 Å². The van der Waals surface area contributed by atoms with Gasteiger partial charge in [-0.05, 0) is 25.6 Å². The van der Waals surface area contributed by atoms with Crippen LogP contribution in [0.25, 0.3) is 0 Å². The number of rotatable bonds is 4. The number of thioether (sulfide) groups is 1. The minimum absolute atomic E-state index is 0.0198. The van der Waals surface area contributed by atoms with E-state index >= 15 is 0 Å². The summed E-state index contributed by atoms with van der Waals surface area (Å²) in [5, 5.41) is 6.83. The average molecular weight is 258 g/mol. The van der Waals surface area contributed by atoms with Crippen molar-refractivity contribution in [2.24, 2.45) is 5.92 Å². The average Bonchev–Trinajstić information content (AvgIpc) is 2.85. The lowest BCUT2D eigenvalue weighted by Gasteiger charge is -2.23. The molecule has 3 atom stereocenters. The monoisotopic (exact) mass is 258 g/mol. The first-order valence-corrected chi connectivity index (χ1v) is 7.50. The highest BCUT2D eigenvalue weighted by atomic mass is 32.2. The van der Waals surface area contributed by atoms with Gasteiger partial charge < -0.3 is 15.4 Å². The second kappa shape index (κ2) is 6.61. The van der Waals surface area contributed by atoms with Gasteiger partial charge in [-0.15, -0.1) is 0 Å².